The topological polar surface area (TPSA) is 98.5 Å². The van der Waals surface area contributed by atoms with Crippen LogP contribution in [0.2, 0.25) is 0 Å². The predicted octanol–water partition coefficient (Wildman–Crippen LogP) is 4.81. The van der Waals surface area contributed by atoms with Gasteiger partial charge in [0.15, 0.2) is 12.1 Å². The molecule has 2 fully saturated rings. The van der Waals surface area contributed by atoms with Crippen molar-refractivity contribution in [3.8, 4) is 0 Å². The number of amides is 1. The Balaban J connectivity index is 0.00000148. The van der Waals surface area contributed by atoms with Crippen LogP contribution in [-0.2, 0) is 27.2 Å². The van der Waals surface area contributed by atoms with Crippen LogP contribution in [0.5, 0.6) is 0 Å². The molecule has 0 atom stereocenters. The number of carbonyl (C=O) groups is 1. The van der Waals surface area contributed by atoms with Gasteiger partial charge in [-0.05, 0) is 25.8 Å². The van der Waals surface area contributed by atoms with Crippen LogP contribution in [0.3, 0.4) is 0 Å². The standard InChI is InChI=1S/C23H23F3N4O4.C2H6/c1-12-28-16(9-17(31)30-23(5-6-23)22(25)26)18(21-32-7-8-33-21)20(29-12)27-10-13-3-2-4-14-15(24)11-34-19(13)14;1-2/h2-4,11,21-22H,5-10H2,1H3,(H,30,31)(H,27,28,29);1-2H3. The van der Waals surface area contributed by atoms with Crippen LogP contribution >= 0.6 is 0 Å². The maximum absolute atomic E-state index is 13.9. The van der Waals surface area contributed by atoms with Crippen LogP contribution in [0, 0.1) is 12.7 Å². The van der Waals surface area contributed by atoms with Gasteiger partial charge in [0.1, 0.15) is 29.0 Å². The lowest BCUT2D eigenvalue weighted by molar-refractivity contribution is -0.122. The molecule has 0 spiro atoms. The van der Waals surface area contributed by atoms with E-state index in [0.29, 0.717) is 52.6 Å². The van der Waals surface area contributed by atoms with Crippen molar-refractivity contribution in [2.24, 2.45) is 0 Å². The van der Waals surface area contributed by atoms with Gasteiger partial charge in [0.05, 0.1) is 36.3 Å². The molecule has 2 N–H and O–H groups in total. The molecule has 5 rings (SSSR count). The number of carbonyl (C=O) groups excluding carboxylic acids is 1. The maximum atomic E-state index is 13.9. The molecule has 36 heavy (non-hydrogen) atoms. The first-order chi connectivity index (χ1) is 17.4. The molecular weight excluding hydrogens is 477 g/mol. The Kier molecular flexibility index (Phi) is 7.79. The van der Waals surface area contributed by atoms with E-state index in [0.717, 1.165) is 6.26 Å². The summed E-state index contributed by atoms with van der Waals surface area (Å²) >= 11 is 0. The van der Waals surface area contributed by atoms with Crippen molar-refractivity contribution < 1.29 is 31.9 Å². The summed E-state index contributed by atoms with van der Waals surface area (Å²) in [6.45, 7) is 6.60. The summed E-state index contributed by atoms with van der Waals surface area (Å²) in [5.74, 6) is -0.254. The first-order valence-electron chi connectivity index (χ1n) is 11.9. The molecule has 11 heteroatoms. The van der Waals surface area contributed by atoms with Crippen molar-refractivity contribution in [3.05, 3.63) is 52.9 Å². The number of ether oxygens (including phenoxy) is 2. The molecule has 1 amide bonds. The molecule has 1 aliphatic heterocycles. The lowest BCUT2D eigenvalue weighted by Gasteiger charge is -2.20. The summed E-state index contributed by atoms with van der Waals surface area (Å²) in [5, 5.41) is 6.02. The second-order valence-corrected chi connectivity index (χ2v) is 8.47. The zero-order valence-electron chi connectivity index (χ0n) is 20.4. The Hall–Kier alpha value is -3.18. The lowest BCUT2D eigenvalue weighted by atomic mass is 10.1. The number of hydrogen-bond donors (Lipinski definition) is 2. The molecule has 0 radical (unpaired) electrons. The average Bonchev–Trinajstić information content (AvgIpc) is 3.25. The highest BCUT2D eigenvalue weighted by Crippen LogP contribution is 2.41. The van der Waals surface area contributed by atoms with Crippen molar-refractivity contribution >= 4 is 22.7 Å². The monoisotopic (exact) mass is 506 g/mol. The number of anilines is 1. The number of fused-ring (bicyclic) bond motifs is 1. The quantitative estimate of drug-likeness (QED) is 0.452. The third kappa shape index (κ3) is 5.31. The van der Waals surface area contributed by atoms with Crippen LogP contribution in [0.1, 0.15) is 55.6 Å². The fourth-order valence-electron chi connectivity index (χ4n) is 4.09. The molecule has 0 unspecified atom stereocenters. The molecule has 1 saturated carbocycles. The maximum Gasteiger partial charge on any atom is 0.261 e. The van der Waals surface area contributed by atoms with E-state index in [2.05, 4.69) is 20.6 Å². The Labute approximate surface area is 206 Å². The van der Waals surface area contributed by atoms with E-state index in [1.165, 1.54) is 0 Å². The number of furan rings is 1. The molecule has 3 aromatic rings. The van der Waals surface area contributed by atoms with Gasteiger partial charge in [-0.3, -0.25) is 4.79 Å². The zero-order chi connectivity index (χ0) is 25.9. The number of halogens is 3. The number of para-hydroxylation sites is 1. The lowest BCUT2D eigenvalue weighted by Crippen LogP contribution is -2.43. The van der Waals surface area contributed by atoms with Gasteiger partial charge in [-0.1, -0.05) is 26.0 Å². The number of nitrogens with one attached hydrogen (secondary N) is 2. The highest BCUT2D eigenvalue weighted by molar-refractivity contribution is 5.81. The molecule has 194 valence electrons. The van der Waals surface area contributed by atoms with Crippen LogP contribution in [0.4, 0.5) is 19.0 Å². The van der Waals surface area contributed by atoms with Crippen molar-refractivity contribution in [2.45, 2.75) is 64.8 Å². The minimum absolute atomic E-state index is 0.232. The van der Waals surface area contributed by atoms with Gasteiger partial charge in [-0.15, -0.1) is 0 Å². The molecule has 1 aliphatic carbocycles. The number of alkyl halides is 2. The number of hydrogen-bond acceptors (Lipinski definition) is 7. The van der Waals surface area contributed by atoms with E-state index in [1.54, 1.807) is 25.1 Å². The van der Waals surface area contributed by atoms with Gasteiger partial charge in [0, 0.05) is 12.1 Å². The Morgan fingerprint density at radius 2 is 1.92 bits per heavy atom. The van der Waals surface area contributed by atoms with Gasteiger partial charge >= 0.3 is 0 Å². The fourth-order valence-corrected chi connectivity index (χ4v) is 4.09. The summed E-state index contributed by atoms with van der Waals surface area (Å²) in [4.78, 5) is 21.5. The van der Waals surface area contributed by atoms with Gasteiger partial charge in [0.25, 0.3) is 6.43 Å². The summed E-state index contributed by atoms with van der Waals surface area (Å²) < 4.78 is 57.1. The van der Waals surface area contributed by atoms with Gasteiger partial charge in [-0.2, -0.15) is 0 Å². The van der Waals surface area contributed by atoms with E-state index in [4.69, 9.17) is 13.9 Å². The average molecular weight is 507 g/mol. The summed E-state index contributed by atoms with van der Waals surface area (Å²) in [7, 11) is 0. The zero-order valence-corrected chi connectivity index (χ0v) is 20.4. The Morgan fingerprint density at radius 3 is 2.58 bits per heavy atom. The number of benzene rings is 1. The first-order valence-corrected chi connectivity index (χ1v) is 11.9. The van der Waals surface area contributed by atoms with Crippen molar-refractivity contribution in [1.82, 2.24) is 15.3 Å². The number of aryl methyl sites for hydroxylation is 1. The summed E-state index contributed by atoms with van der Waals surface area (Å²) in [5.41, 5.74) is 0.417. The molecule has 2 aliphatic rings. The predicted molar refractivity (Wildman–Crippen MR) is 126 cm³/mol. The molecule has 3 heterocycles. The Bertz CT molecular complexity index is 1220. The van der Waals surface area contributed by atoms with Gasteiger partial charge < -0.3 is 24.5 Å². The van der Waals surface area contributed by atoms with E-state index < -0.39 is 30.0 Å². The third-order valence-electron chi connectivity index (χ3n) is 6.00. The second kappa shape index (κ2) is 10.8. The van der Waals surface area contributed by atoms with E-state index >= 15 is 0 Å². The molecular formula is C25H29F3N4O4. The van der Waals surface area contributed by atoms with E-state index in [-0.39, 0.29) is 25.8 Å². The second-order valence-electron chi connectivity index (χ2n) is 8.47. The van der Waals surface area contributed by atoms with E-state index in [9.17, 15) is 18.0 Å². The van der Waals surface area contributed by atoms with Crippen LogP contribution in [0.25, 0.3) is 11.0 Å². The highest BCUT2D eigenvalue weighted by atomic mass is 19.3. The third-order valence-corrected chi connectivity index (χ3v) is 6.00. The van der Waals surface area contributed by atoms with Crippen molar-refractivity contribution in [1.29, 1.82) is 0 Å². The van der Waals surface area contributed by atoms with Crippen molar-refractivity contribution in [2.75, 3.05) is 18.5 Å². The minimum Gasteiger partial charge on any atom is -0.461 e. The number of aromatic nitrogens is 2. The first kappa shape index (κ1) is 25.9. The fraction of sp³-hybridized carbons (Fsp3) is 0.480. The normalized spacial score (nSPS) is 16.6. The largest absolute Gasteiger partial charge is 0.461 e. The van der Waals surface area contributed by atoms with Crippen LogP contribution < -0.4 is 10.6 Å². The molecule has 1 aromatic carbocycles. The molecule has 8 nitrogen and oxygen atoms in total. The molecule has 1 saturated heterocycles. The highest BCUT2D eigenvalue weighted by Gasteiger charge is 2.52. The van der Waals surface area contributed by atoms with Crippen LogP contribution in [-0.4, -0.2) is 41.1 Å². The molecule has 0 bridgehead atoms. The summed E-state index contributed by atoms with van der Waals surface area (Å²) in [6, 6.07) is 5.14. The number of rotatable bonds is 8. The van der Waals surface area contributed by atoms with Gasteiger partial charge in [0.2, 0.25) is 5.91 Å². The SMILES string of the molecule is CC.Cc1nc(CC(=O)NC2(C(F)F)CC2)c(C2OCCO2)c(NCc2cccc3c(F)coc23)n1. The van der Waals surface area contributed by atoms with Crippen LogP contribution in [0.15, 0.2) is 28.9 Å². The minimum atomic E-state index is -2.63. The molecule has 2 aromatic heterocycles. The smallest absolute Gasteiger partial charge is 0.261 e. The number of nitrogens with zero attached hydrogens (tertiary/aromatic N) is 2. The Morgan fingerprint density at radius 1 is 1.19 bits per heavy atom. The van der Waals surface area contributed by atoms with Crippen molar-refractivity contribution in [3.63, 3.8) is 0 Å². The summed E-state index contributed by atoms with van der Waals surface area (Å²) in [6.07, 6.45) is -2.13. The van der Waals surface area contributed by atoms with Gasteiger partial charge in [-0.25, -0.2) is 23.1 Å². The van der Waals surface area contributed by atoms with E-state index in [1.807, 2.05) is 13.8 Å².